The van der Waals surface area contributed by atoms with Gasteiger partial charge in [-0.2, -0.15) is 0 Å². The molecule has 2 rings (SSSR count). The number of anilines is 2. The maximum absolute atomic E-state index is 12.3. The Labute approximate surface area is 147 Å². The molecular formula is C19H22N2O4. The Morgan fingerprint density at radius 2 is 1.60 bits per heavy atom. The minimum Gasteiger partial charge on any atom is -0.497 e. The SMILES string of the molecule is COc1ccc(C(=O)Nc2ccc(NC(=O)C(C)C)c(OC)c2)cc1. The summed E-state index contributed by atoms with van der Waals surface area (Å²) in [5.74, 6) is 0.668. The van der Waals surface area contributed by atoms with Gasteiger partial charge < -0.3 is 20.1 Å². The first-order valence-electron chi connectivity index (χ1n) is 7.89. The standard InChI is InChI=1S/C19H22N2O4/c1-12(2)18(22)21-16-10-7-14(11-17(16)25-4)20-19(23)13-5-8-15(24-3)9-6-13/h5-12H,1-4H3,(H,20,23)(H,21,22). The van der Waals surface area contributed by atoms with Crippen molar-refractivity contribution in [2.24, 2.45) is 5.92 Å². The van der Waals surface area contributed by atoms with Crippen molar-refractivity contribution in [3.8, 4) is 11.5 Å². The summed E-state index contributed by atoms with van der Waals surface area (Å²) in [5.41, 5.74) is 1.64. The molecular weight excluding hydrogens is 320 g/mol. The molecule has 2 aromatic carbocycles. The summed E-state index contributed by atoms with van der Waals surface area (Å²) in [6.45, 7) is 3.62. The molecule has 0 unspecified atom stereocenters. The monoisotopic (exact) mass is 342 g/mol. The highest BCUT2D eigenvalue weighted by molar-refractivity contribution is 6.04. The zero-order chi connectivity index (χ0) is 18.4. The van der Waals surface area contributed by atoms with Gasteiger partial charge in [-0.15, -0.1) is 0 Å². The Hall–Kier alpha value is -3.02. The first-order chi connectivity index (χ1) is 11.9. The van der Waals surface area contributed by atoms with E-state index in [1.54, 1.807) is 49.6 Å². The predicted molar refractivity (Wildman–Crippen MR) is 97.4 cm³/mol. The highest BCUT2D eigenvalue weighted by Gasteiger charge is 2.13. The molecule has 0 aliphatic rings. The predicted octanol–water partition coefficient (Wildman–Crippen LogP) is 3.55. The summed E-state index contributed by atoms with van der Waals surface area (Å²) in [5, 5.41) is 5.60. The van der Waals surface area contributed by atoms with Crippen molar-refractivity contribution in [2.75, 3.05) is 24.9 Å². The van der Waals surface area contributed by atoms with Gasteiger partial charge >= 0.3 is 0 Å². The van der Waals surface area contributed by atoms with Gasteiger partial charge in [-0.25, -0.2) is 0 Å². The van der Waals surface area contributed by atoms with E-state index in [1.165, 1.54) is 7.11 Å². The molecule has 2 amide bonds. The first kappa shape index (κ1) is 18.3. The van der Waals surface area contributed by atoms with E-state index in [4.69, 9.17) is 9.47 Å². The number of carbonyl (C=O) groups excluding carboxylic acids is 2. The quantitative estimate of drug-likeness (QED) is 0.842. The summed E-state index contributed by atoms with van der Waals surface area (Å²) in [7, 11) is 3.08. The summed E-state index contributed by atoms with van der Waals surface area (Å²) in [6.07, 6.45) is 0. The van der Waals surface area contributed by atoms with Crippen LogP contribution in [0.15, 0.2) is 42.5 Å². The van der Waals surface area contributed by atoms with Crippen molar-refractivity contribution in [1.29, 1.82) is 0 Å². The highest BCUT2D eigenvalue weighted by atomic mass is 16.5. The molecule has 0 atom stereocenters. The zero-order valence-electron chi connectivity index (χ0n) is 14.8. The van der Waals surface area contributed by atoms with Gasteiger partial charge in [-0.05, 0) is 36.4 Å². The topological polar surface area (TPSA) is 76.7 Å². The molecule has 2 aromatic rings. The normalized spacial score (nSPS) is 10.3. The lowest BCUT2D eigenvalue weighted by Gasteiger charge is -2.14. The van der Waals surface area contributed by atoms with E-state index >= 15 is 0 Å². The number of nitrogens with one attached hydrogen (secondary N) is 2. The summed E-state index contributed by atoms with van der Waals surface area (Å²) >= 11 is 0. The lowest BCUT2D eigenvalue weighted by atomic mass is 10.1. The van der Waals surface area contributed by atoms with E-state index < -0.39 is 0 Å². The van der Waals surface area contributed by atoms with Crippen LogP contribution in [0.1, 0.15) is 24.2 Å². The van der Waals surface area contributed by atoms with Gasteiger partial charge in [0.2, 0.25) is 5.91 Å². The number of hydrogen-bond donors (Lipinski definition) is 2. The van der Waals surface area contributed by atoms with Gasteiger partial charge in [-0.1, -0.05) is 13.8 Å². The van der Waals surface area contributed by atoms with Crippen LogP contribution in [0.2, 0.25) is 0 Å². The van der Waals surface area contributed by atoms with E-state index in [-0.39, 0.29) is 17.7 Å². The number of benzene rings is 2. The second-order valence-corrected chi connectivity index (χ2v) is 5.74. The average molecular weight is 342 g/mol. The van der Waals surface area contributed by atoms with Crippen LogP contribution in [0.4, 0.5) is 11.4 Å². The van der Waals surface area contributed by atoms with Crippen LogP contribution < -0.4 is 20.1 Å². The number of methoxy groups -OCH3 is 2. The average Bonchev–Trinajstić information content (AvgIpc) is 2.62. The molecule has 0 radical (unpaired) electrons. The van der Waals surface area contributed by atoms with Gasteiger partial charge in [0.15, 0.2) is 0 Å². The Kier molecular flexibility index (Phi) is 6.00. The van der Waals surface area contributed by atoms with Gasteiger partial charge in [0.05, 0.1) is 19.9 Å². The van der Waals surface area contributed by atoms with Crippen molar-refractivity contribution in [1.82, 2.24) is 0 Å². The molecule has 0 saturated carbocycles. The molecule has 0 aliphatic heterocycles. The van der Waals surface area contributed by atoms with Crippen LogP contribution in [0.5, 0.6) is 11.5 Å². The number of amides is 2. The van der Waals surface area contributed by atoms with Crippen molar-refractivity contribution in [2.45, 2.75) is 13.8 Å². The molecule has 6 nitrogen and oxygen atoms in total. The van der Waals surface area contributed by atoms with E-state index in [1.807, 2.05) is 13.8 Å². The molecule has 6 heteroatoms. The summed E-state index contributed by atoms with van der Waals surface area (Å²) < 4.78 is 10.4. The fourth-order valence-electron chi connectivity index (χ4n) is 2.09. The minimum atomic E-state index is -0.247. The van der Waals surface area contributed by atoms with Crippen molar-refractivity contribution in [3.05, 3.63) is 48.0 Å². The Morgan fingerprint density at radius 1 is 0.920 bits per heavy atom. The first-order valence-corrected chi connectivity index (χ1v) is 7.89. The molecule has 132 valence electrons. The molecule has 0 aromatic heterocycles. The second-order valence-electron chi connectivity index (χ2n) is 5.74. The summed E-state index contributed by atoms with van der Waals surface area (Å²) in [4.78, 5) is 24.1. The van der Waals surface area contributed by atoms with E-state index in [2.05, 4.69) is 10.6 Å². The Bertz CT molecular complexity index is 755. The maximum atomic E-state index is 12.3. The van der Waals surface area contributed by atoms with Crippen LogP contribution in [-0.4, -0.2) is 26.0 Å². The maximum Gasteiger partial charge on any atom is 0.255 e. The second kappa shape index (κ2) is 8.19. The van der Waals surface area contributed by atoms with Crippen molar-refractivity contribution >= 4 is 23.2 Å². The van der Waals surface area contributed by atoms with Crippen LogP contribution in [0, 0.1) is 5.92 Å². The Morgan fingerprint density at radius 3 is 2.16 bits per heavy atom. The van der Waals surface area contributed by atoms with Crippen LogP contribution >= 0.6 is 0 Å². The fraction of sp³-hybridized carbons (Fsp3) is 0.263. The third-order valence-electron chi connectivity index (χ3n) is 3.59. The van der Waals surface area contributed by atoms with E-state index in [0.717, 1.165) is 0 Å². The molecule has 0 spiro atoms. The van der Waals surface area contributed by atoms with Crippen molar-refractivity contribution < 1.29 is 19.1 Å². The summed E-state index contributed by atoms with van der Waals surface area (Å²) in [6, 6.07) is 11.9. The number of ether oxygens (including phenoxy) is 2. The molecule has 0 heterocycles. The van der Waals surface area contributed by atoms with Gasteiger partial charge in [-0.3, -0.25) is 9.59 Å². The lowest BCUT2D eigenvalue weighted by Crippen LogP contribution is -2.18. The largest absolute Gasteiger partial charge is 0.497 e. The molecule has 2 N–H and O–H groups in total. The molecule has 0 bridgehead atoms. The number of carbonyl (C=O) groups is 2. The minimum absolute atomic E-state index is 0.103. The molecule has 0 aliphatic carbocycles. The van der Waals surface area contributed by atoms with E-state index in [9.17, 15) is 9.59 Å². The molecule has 0 saturated heterocycles. The van der Waals surface area contributed by atoms with Gasteiger partial charge in [0.25, 0.3) is 5.91 Å². The Balaban J connectivity index is 2.13. The van der Waals surface area contributed by atoms with E-state index in [0.29, 0.717) is 28.4 Å². The highest BCUT2D eigenvalue weighted by Crippen LogP contribution is 2.28. The van der Waals surface area contributed by atoms with Crippen LogP contribution in [0.3, 0.4) is 0 Å². The number of hydrogen-bond acceptors (Lipinski definition) is 4. The lowest BCUT2D eigenvalue weighted by molar-refractivity contribution is -0.118. The van der Waals surface area contributed by atoms with Gasteiger partial charge in [0, 0.05) is 23.2 Å². The third kappa shape index (κ3) is 4.73. The smallest absolute Gasteiger partial charge is 0.255 e. The van der Waals surface area contributed by atoms with Crippen LogP contribution in [-0.2, 0) is 4.79 Å². The molecule has 0 fully saturated rings. The fourth-order valence-corrected chi connectivity index (χ4v) is 2.09. The number of rotatable bonds is 6. The molecule has 25 heavy (non-hydrogen) atoms. The zero-order valence-corrected chi connectivity index (χ0v) is 14.8. The van der Waals surface area contributed by atoms with Gasteiger partial charge in [0.1, 0.15) is 11.5 Å². The van der Waals surface area contributed by atoms with Crippen molar-refractivity contribution in [3.63, 3.8) is 0 Å². The van der Waals surface area contributed by atoms with Crippen LogP contribution in [0.25, 0.3) is 0 Å². The third-order valence-corrected chi connectivity index (χ3v) is 3.59.